The number of benzene rings is 1. The first kappa shape index (κ1) is 12.5. The first-order valence-electron chi connectivity index (χ1n) is 4.83. The van der Waals surface area contributed by atoms with Gasteiger partial charge in [0.25, 0.3) is 0 Å². The first-order valence-corrected chi connectivity index (χ1v) is 5.63. The van der Waals surface area contributed by atoms with E-state index in [1.807, 2.05) is 25.1 Å². The number of hydrogen-bond acceptors (Lipinski definition) is 3. The van der Waals surface area contributed by atoms with E-state index in [-0.39, 0.29) is 6.04 Å². The molecule has 0 aliphatic carbocycles. The fourth-order valence-electron chi connectivity index (χ4n) is 1.30. The molecule has 0 saturated heterocycles. The molecule has 0 bridgehead atoms. The molecule has 0 aliphatic rings. The second-order valence-electron chi connectivity index (χ2n) is 3.48. The van der Waals surface area contributed by atoms with Gasteiger partial charge in [0.2, 0.25) is 0 Å². The number of hydrogen-bond donors (Lipinski definition) is 2. The Hall–Kier alpha value is -0.580. The summed E-state index contributed by atoms with van der Waals surface area (Å²) in [5.41, 5.74) is 0.882. The third-order valence-electron chi connectivity index (χ3n) is 2.13. The van der Waals surface area contributed by atoms with E-state index in [9.17, 15) is 5.11 Å². The predicted octanol–water partition coefficient (Wildman–Crippen LogP) is 2.28. The minimum absolute atomic E-state index is 0.272. The molecule has 2 N–H and O–H groups in total. The van der Waals surface area contributed by atoms with Gasteiger partial charge < -0.3 is 15.2 Å². The SMILES string of the molecule is COC[C@H](C)NCc1cccc(Br)c1O. The van der Waals surface area contributed by atoms with Gasteiger partial charge in [0, 0.05) is 25.3 Å². The van der Waals surface area contributed by atoms with Crippen molar-refractivity contribution >= 4 is 15.9 Å². The van der Waals surface area contributed by atoms with Gasteiger partial charge in [-0.15, -0.1) is 0 Å². The Morgan fingerprint density at radius 3 is 2.93 bits per heavy atom. The van der Waals surface area contributed by atoms with Crippen molar-refractivity contribution in [1.82, 2.24) is 5.32 Å². The average molecular weight is 274 g/mol. The number of aromatic hydroxyl groups is 1. The molecular weight excluding hydrogens is 258 g/mol. The fraction of sp³-hybridized carbons (Fsp3) is 0.455. The number of nitrogens with one attached hydrogen (secondary N) is 1. The van der Waals surface area contributed by atoms with Crippen LogP contribution in [0.1, 0.15) is 12.5 Å². The van der Waals surface area contributed by atoms with Crippen molar-refractivity contribution in [3.63, 3.8) is 0 Å². The third-order valence-corrected chi connectivity index (χ3v) is 2.77. The van der Waals surface area contributed by atoms with Gasteiger partial charge in [-0.3, -0.25) is 0 Å². The van der Waals surface area contributed by atoms with Crippen molar-refractivity contribution in [2.45, 2.75) is 19.5 Å². The van der Waals surface area contributed by atoms with Gasteiger partial charge in [0.05, 0.1) is 11.1 Å². The highest BCUT2D eigenvalue weighted by molar-refractivity contribution is 9.10. The molecule has 1 rings (SSSR count). The smallest absolute Gasteiger partial charge is 0.134 e. The van der Waals surface area contributed by atoms with Gasteiger partial charge in [-0.05, 0) is 28.9 Å². The molecule has 0 aromatic heterocycles. The van der Waals surface area contributed by atoms with Gasteiger partial charge in [-0.2, -0.15) is 0 Å². The molecule has 3 nitrogen and oxygen atoms in total. The van der Waals surface area contributed by atoms with Crippen LogP contribution >= 0.6 is 15.9 Å². The first-order chi connectivity index (χ1) is 7.15. The van der Waals surface area contributed by atoms with Crippen molar-refractivity contribution in [2.24, 2.45) is 0 Å². The number of halogens is 1. The quantitative estimate of drug-likeness (QED) is 0.865. The minimum Gasteiger partial charge on any atom is -0.506 e. The zero-order valence-electron chi connectivity index (χ0n) is 8.96. The Morgan fingerprint density at radius 2 is 2.27 bits per heavy atom. The molecule has 84 valence electrons. The van der Waals surface area contributed by atoms with Gasteiger partial charge in [0.1, 0.15) is 5.75 Å². The molecule has 0 aliphatic heterocycles. The molecule has 0 heterocycles. The van der Waals surface area contributed by atoms with Crippen molar-refractivity contribution < 1.29 is 9.84 Å². The minimum atomic E-state index is 0.272. The summed E-state index contributed by atoms with van der Waals surface area (Å²) in [4.78, 5) is 0. The summed E-state index contributed by atoms with van der Waals surface area (Å²) in [7, 11) is 1.68. The van der Waals surface area contributed by atoms with E-state index in [0.717, 1.165) is 10.0 Å². The lowest BCUT2D eigenvalue weighted by Crippen LogP contribution is -2.29. The van der Waals surface area contributed by atoms with Crippen molar-refractivity contribution in [1.29, 1.82) is 0 Å². The van der Waals surface area contributed by atoms with E-state index < -0.39 is 0 Å². The van der Waals surface area contributed by atoms with Crippen LogP contribution in [-0.4, -0.2) is 24.9 Å². The van der Waals surface area contributed by atoms with Crippen LogP contribution in [0.3, 0.4) is 0 Å². The van der Waals surface area contributed by atoms with Gasteiger partial charge in [-0.1, -0.05) is 12.1 Å². The number of methoxy groups -OCH3 is 1. The number of ether oxygens (including phenoxy) is 1. The summed E-state index contributed by atoms with van der Waals surface area (Å²) in [5, 5.41) is 13.0. The number of rotatable bonds is 5. The van der Waals surface area contributed by atoms with E-state index in [0.29, 0.717) is 18.9 Å². The van der Waals surface area contributed by atoms with Crippen LogP contribution in [0.15, 0.2) is 22.7 Å². The van der Waals surface area contributed by atoms with E-state index in [4.69, 9.17) is 4.74 Å². The lowest BCUT2D eigenvalue weighted by molar-refractivity contribution is 0.171. The molecule has 0 spiro atoms. The predicted molar refractivity (Wildman–Crippen MR) is 64.0 cm³/mol. The van der Waals surface area contributed by atoms with E-state index in [1.54, 1.807) is 7.11 Å². The molecule has 0 radical (unpaired) electrons. The van der Waals surface area contributed by atoms with E-state index in [1.165, 1.54) is 0 Å². The molecule has 1 aromatic rings. The van der Waals surface area contributed by atoms with Crippen LogP contribution in [-0.2, 0) is 11.3 Å². The van der Waals surface area contributed by atoms with Gasteiger partial charge >= 0.3 is 0 Å². The summed E-state index contributed by atoms with van der Waals surface area (Å²) in [6.07, 6.45) is 0. The summed E-state index contributed by atoms with van der Waals surface area (Å²) in [5.74, 6) is 0.301. The Bertz CT molecular complexity index is 317. The third kappa shape index (κ3) is 3.81. The largest absolute Gasteiger partial charge is 0.506 e. The maximum atomic E-state index is 9.72. The van der Waals surface area contributed by atoms with Crippen LogP contribution in [0.25, 0.3) is 0 Å². The summed E-state index contributed by atoms with van der Waals surface area (Å²) in [6.45, 7) is 3.34. The Morgan fingerprint density at radius 1 is 1.53 bits per heavy atom. The highest BCUT2D eigenvalue weighted by Crippen LogP contribution is 2.27. The maximum absolute atomic E-state index is 9.72. The zero-order chi connectivity index (χ0) is 11.3. The molecule has 0 unspecified atom stereocenters. The lowest BCUT2D eigenvalue weighted by atomic mass is 10.2. The van der Waals surface area contributed by atoms with Gasteiger partial charge in [0.15, 0.2) is 0 Å². The normalized spacial score (nSPS) is 12.7. The van der Waals surface area contributed by atoms with Crippen molar-refractivity contribution in [3.8, 4) is 5.75 Å². The standard InChI is InChI=1S/C11H16BrNO2/c1-8(7-15-2)13-6-9-4-3-5-10(12)11(9)14/h3-5,8,13-14H,6-7H2,1-2H3/t8-/m0/s1. The fourth-order valence-corrected chi connectivity index (χ4v) is 1.70. The lowest BCUT2D eigenvalue weighted by Gasteiger charge is -2.13. The maximum Gasteiger partial charge on any atom is 0.134 e. The number of para-hydroxylation sites is 1. The summed E-state index contributed by atoms with van der Waals surface area (Å²) in [6, 6.07) is 5.89. The molecule has 0 amide bonds. The Labute approximate surface area is 98.6 Å². The second kappa shape index (κ2) is 6.10. The number of phenols is 1. The van der Waals surface area contributed by atoms with Gasteiger partial charge in [-0.25, -0.2) is 0 Å². The molecule has 15 heavy (non-hydrogen) atoms. The molecule has 4 heteroatoms. The second-order valence-corrected chi connectivity index (χ2v) is 4.34. The van der Waals surface area contributed by atoms with Crippen LogP contribution in [0.5, 0.6) is 5.75 Å². The molecule has 1 atom stereocenters. The zero-order valence-corrected chi connectivity index (χ0v) is 10.5. The van der Waals surface area contributed by atoms with E-state index >= 15 is 0 Å². The number of phenolic OH excluding ortho intramolecular Hbond substituents is 1. The summed E-state index contributed by atoms with van der Waals surface area (Å²) < 4.78 is 5.74. The van der Waals surface area contributed by atoms with Crippen molar-refractivity contribution in [2.75, 3.05) is 13.7 Å². The van der Waals surface area contributed by atoms with Crippen LogP contribution < -0.4 is 5.32 Å². The topological polar surface area (TPSA) is 41.5 Å². The molecule has 1 aromatic carbocycles. The summed E-state index contributed by atoms with van der Waals surface area (Å²) >= 11 is 3.28. The average Bonchev–Trinajstić information content (AvgIpc) is 2.21. The molecule has 0 fully saturated rings. The Kier molecular flexibility index (Phi) is 5.08. The molecular formula is C11H16BrNO2. The van der Waals surface area contributed by atoms with Crippen molar-refractivity contribution in [3.05, 3.63) is 28.2 Å². The van der Waals surface area contributed by atoms with Crippen LogP contribution in [0, 0.1) is 0 Å². The van der Waals surface area contributed by atoms with E-state index in [2.05, 4.69) is 21.2 Å². The highest BCUT2D eigenvalue weighted by Gasteiger charge is 2.06. The van der Waals surface area contributed by atoms with Crippen LogP contribution in [0.2, 0.25) is 0 Å². The Balaban J connectivity index is 2.54. The van der Waals surface area contributed by atoms with Crippen LogP contribution in [0.4, 0.5) is 0 Å². The highest BCUT2D eigenvalue weighted by atomic mass is 79.9. The monoisotopic (exact) mass is 273 g/mol. The molecule has 0 saturated carbocycles.